The molecule has 0 rings (SSSR count). The first-order valence-corrected chi connectivity index (χ1v) is 1.82. The molecule has 35 valence electrons. The highest BCUT2D eigenvalue weighted by atomic mass is 16.5. The second kappa shape index (κ2) is 5.08. The fraction of sp³-hybridized carbons (Fsp3) is 0.333. The Morgan fingerprint density at radius 3 is 2.71 bits per heavy atom. The van der Waals surface area contributed by atoms with Gasteiger partial charge >= 0.3 is 0 Å². The van der Waals surface area contributed by atoms with Gasteiger partial charge in [0.25, 0.3) is 0 Å². The molecule has 0 aliphatic heterocycles. The van der Waals surface area contributed by atoms with Gasteiger partial charge in [-0.25, -0.2) is 0 Å². The van der Waals surface area contributed by atoms with Crippen molar-refractivity contribution < 1.29 is 4.74 Å². The molecule has 1 heteroatoms. The van der Waals surface area contributed by atoms with Crippen LogP contribution in [0.5, 0.6) is 0 Å². The van der Waals surface area contributed by atoms with Crippen molar-refractivity contribution in [1.29, 1.82) is 0 Å². The Balaban J connectivity index is 2.77. The minimum Gasteiger partial charge on any atom is -0.356 e. The van der Waals surface area contributed by atoms with Crippen molar-refractivity contribution in [3.05, 3.63) is 6.42 Å². The topological polar surface area (TPSA) is 9.23 Å². The van der Waals surface area contributed by atoms with Gasteiger partial charge in [-0.3, -0.25) is 0 Å². The molecule has 0 N–H and O–H groups in total. The van der Waals surface area contributed by atoms with Crippen LogP contribution < -0.4 is 0 Å². The van der Waals surface area contributed by atoms with E-state index in [-0.39, 0.29) is 13.2 Å². The maximum Gasteiger partial charge on any atom is 0.110 e. The Hall–Kier alpha value is -0.920. The molecule has 0 aromatic carbocycles. The van der Waals surface area contributed by atoms with Crippen molar-refractivity contribution in [2.24, 2.45) is 0 Å². The zero-order valence-corrected chi connectivity index (χ0v) is 3.90. The third kappa shape index (κ3) is 5.08. The van der Waals surface area contributed by atoms with E-state index in [2.05, 4.69) is 10.7 Å². The summed E-state index contributed by atoms with van der Waals surface area (Å²) in [5, 5.41) is 0. The summed E-state index contributed by atoms with van der Waals surface area (Å²) < 4.78 is 4.60. The molecule has 0 aromatic rings. The maximum atomic E-state index is 6.34. The Morgan fingerprint density at radius 1 is 1.57 bits per heavy atom. The quantitative estimate of drug-likeness (QED) is 0.350. The van der Waals surface area contributed by atoms with Crippen LogP contribution in [-0.2, 0) is 4.74 Å². The van der Waals surface area contributed by atoms with E-state index in [1.54, 1.807) is 0 Å². The number of terminal acetylenes is 1. The molecule has 0 saturated heterocycles. The minimum atomic E-state index is 0.199. The molecular weight excluding hydrogens is 88.1 g/mol. The van der Waals surface area contributed by atoms with Crippen LogP contribution in [0.2, 0.25) is 0 Å². The van der Waals surface area contributed by atoms with Gasteiger partial charge < -0.3 is 4.74 Å². The van der Waals surface area contributed by atoms with Gasteiger partial charge in [0, 0.05) is 0 Å². The summed E-state index contributed by atoms with van der Waals surface area (Å²) in [6.45, 7) is 0.468. The Kier molecular flexibility index (Phi) is 4.41. The van der Waals surface area contributed by atoms with Crippen LogP contribution in [0.1, 0.15) is 0 Å². The molecule has 0 heterocycles. The van der Waals surface area contributed by atoms with E-state index in [0.717, 1.165) is 0 Å². The first-order valence-electron chi connectivity index (χ1n) is 1.82. The molecular formula is C6H5O. The monoisotopic (exact) mass is 93.0 g/mol. The van der Waals surface area contributed by atoms with Crippen LogP contribution in [0.15, 0.2) is 0 Å². The summed E-state index contributed by atoms with van der Waals surface area (Å²) in [6, 6.07) is 0. The summed E-state index contributed by atoms with van der Waals surface area (Å²) in [7, 11) is 0. The molecule has 0 atom stereocenters. The molecule has 0 aromatic heterocycles. The van der Waals surface area contributed by atoms with Gasteiger partial charge in [0.1, 0.15) is 13.2 Å². The average molecular weight is 93.1 g/mol. The second-order valence-electron chi connectivity index (χ2n) is 0.874. The average Bonchev–Trinajstić information content (AvgIpc) is 1.69. The summed E-state index contributed by atoms with van der Waals surface area (Å²) in [6.07, 6.45) is 11.1. The highest BCUT2D eigenvalue weighted by Crippen LogP contribution is 1.65. The molecule has 1 radical (unpaired) electrons. The van der Waals surface area contributed by atoms with Gasteiger partial charge in [0.2, 0.25) is 0 Å². The molecule has 0 spiro atoms. The number of hydrogen-bond acceptors (Lipinski definition) is 1. The van der Waals surface area contributed by atoms with Crippen molar-refractivity contribution in [3.8, 4) is 18.3 Å². The van der Waals surface area contributed by atoms with Crippen LogP contribution in [-0.4, -0.2) is 13.2 Å². The fourth-order valence-electron chi connectivity index (χ4n) is 0.161. The van der Waals surface area contributed by atoms with Crippen LogP contribution >= 0.6 is 0 Å². The van der Waals surface area contributed by atoms with Crippen molar-refractivity contribution >= 4 is 0 Å². The Labute approximate surface area is 43.7 Å². The highest BCUT2D eigenvalue weighted by molar-refractivity contribution is 4.84. The van der Waals surface area contributed by atoms with Crippen molar-refractivity contribution in [1.82, 2.24) is 0 Å². The third-order valence-electron chi connectivity index (χ3n) is 0.360. The number of rotatable bonds is 2. The zero-order valence-electron chi connectivity index (χ0n) is 3.90. The molecule has 0 fully saturated rings. The molecule has 1 nitrogen and oxygen atoms in total. The molecule has 0 amide bonds. The summed E-state index contributed by atoms with van der Waals surface area (Å²) in [5.41, 5.74) is 0. The Morgan fingerprint density at radius 2 is 2.29 bits per heavy atom. The maximum absolute atomic E-state index is 6.34. The van der Waals surface area contributed by atoms with Crippen LogP contribution in [0.25, 0.3) is 0 Å². The van der Waals surface area contributed by atoms with Gasteiger partial charge in [0.05, 0.1) is 0 Å². The molecule has 0 saturated carbocycles. The normalized spacial score (nSPS) is 6.57. The van der Waals surface area contributed by atoms with E-state index < -0.39 is 0 Å². The minimum absolute atomic E-state index is 0.199. The predicted octanol–water partition coefficient (Wildman–Crippen LogP) is 0.226. The SMILES string of the molecule is [C]#CCOCC#C. The van der Waals surface area contributed by atoms with Crippen molar-refractivity contribution in [3.63, 3.8) is 0 Å². The van der Waals surface area contributed by atoms with Crippen molar-refractivity contribution in [2.75, 3.05) is 13.2 Å². The lowest BCUT2D eigenvalue weighted by molar-refractivity contribution is 0.204. The van der Waals surface area contributed by atoms with E-state index >= 15 is 0 Å². The van der Waals surface area contributed by atoms with Gasteiger partial charge in [-0.05, 0) is 6.42 Å². The van der Waals surface area contributed by atoms with Crippen molar-refractivity contribution in [2.45, 2.75) is 0 Å². The molecule has 0 aliphatic rings. The standard InChI is InChI=1S/C6H5O/c1-3-5-7-6-4-2/h1H,5-6H2. The first-order chi connectivity index (χ1) is 3.41. The van der Waals surface area contributed by atoms with Gasteiger partial charge in [0.15, 0.2) is 0 Å². The smallest absolute Gasteiger partial charge is 0.110 e. The summed E-state index contributed by atoms with van der Waals surface area (Å²) >= 11 is 0. The molecule has 7 heavy (non-hydrogen) atoms. The lowest BCUT2D eigenvalue weighted by Gasteiger charge is -1.85. The van der Waals surface area contributed by atoms with E-state index in [1.807, 2.05) is 5.92 Å². The van der Waals surface area contributed by atoms with E-state index in [1.165, 1.54) is 0 Å². The van der Waals surface area contributed by atoms with Crippen LogP contribution in [0, 0.1) is 24.7 Å². The molecule has 0 bridgehead atoms. The number of hydrogen-bond donors (Lipinski definition) is 0. The number of ether oxygens (including phenoxy) is 1. The largest absolute Gasteiger partial charge is 0.356 e. The van der Waals surface area contributed by atoms with Crippen LogP contribution in [0.4, 0.5) is 0 Å². The Bertz CT molecular complexity index is 88.3. The van der Waals surface area contributed by atoms with Gasteiger partial charge in [-0.1, -0.05) is 11.8 Å². The molecule has 0 aliphatic carbocycles. The fourth-order valence-corrected chi connectivity index (χ4v) is 0.161. The third-order valence-corrected chi connectivity index (χ3v) is 0.360. The van der Waals surface area contributed by atoms with Gasteiger partial charge in [-0.15, -0.1) is 6.42 Å². The van der Waals surface area contributed by atoms with E-state index in [4.69, 9.17) is 12.8 Å². The van der Waals surface area contributed by atoms with Crippen LogP contribution in [0.3, 0.4) is 0 Å². The lowest BCUT2D eigenvalue weighted by atomic mass is 10.7. The highest BCUT2D eigenvalue weighted by Gasteiger charge is 1.71. The predicted molar refractivity (Wildman–Crippen MR) is 26.8 cm³/mol. The van der Waals surface area contributed by atoms with E-state index in [9.17, 15) is 0 Å². The first kappa shape index (κ1) is 6.08. The zero-order chi connectivity index (χ0) is 5.54. The lowest BCUT2D eigenvalue weighted by Crippen LogP contribution is -1.89. The summed E-state index contributed by atoms with van der Waals surface area (Å²) in [4.78, 5) is 0. The second-order valence-corrected chi connectivity index (χ2v) is 0.874. The van der Waals surface area contributed by atoms with E-state index in [0.29, 0.717) is 0 Å². The molecule has 0 unspecified atom stereocenters. The van der Waals surface area contributed by atoms with Gasteiger partial charge in [-0.2, -0.15) is 0 Å². The summed E-state index contributed by atoms with van der Waals surface area (Å²) in [5.74, 6) is 4.29.